The summed E-state index contributed by atoms with van der Waals surface area (Å²) < 4.78 is 1.86. The normalized spacial score (nSPS) is 11.8. The monoisotopic (exact) mass is 424 g/mol. The van der Waals surface area contributed by atoms with Crippen molar-refractivity contribution in [2.75, 3.05) is 17.2 Å². The van der Waals surface area contributed by atoms with Gasteiger partial charge in [-0.05, 0) is 25.1 Å². The molecule has 10 heteroatoms. The molecule has 0 saturated heterocycles. The molecule has 9 nitrogen and oxygen atoms in total. The van der Waals surface area contributed by atoms with Crippen LogP contribution in [0.1, 0.15) is 20.3 Å². The topological polar surface area (TPSA) is 140 Å². The Hall–Kier alpha value is -3.89. The smallest absolute Gasteiger partial charge is 0.270 e. The number of aromatic nitrogens is 1. The summed E-state index contributed by atoms with van der Waals surface area (Å²) in [6.07, 6.45) is 1.85. The molecule has 154 valence electrons. The molecule has 0 radical (unpaired) electrons. The van der Waals surface area contributed by atoms with E-state index in [1.54, 1.807) is 44.2 Å². The van der Waals surface area contributed by atoms with Crippen LogP contribution in [0.5, 0.6) is 0 Å². The van der Waals surface area contributed by atoms with Crippen molar-refractivity contribution in [2.45, 2.75) is 26.8 Å². The van der Waals surface area contributed by atoms with Crippen LogP contribution >= 0.6 is 11.3 Å². The molecule has 0 bridgehead atoms. The fraction of sp³-hybridized carbons (Fsp3) is 0.250. The summed E-state index contributed by atoms with van der Waals surface area (Å²) >= 11 is 1.00. The number of hydrogen-bond donors (Lipinski definition) is 3. The van der Waals surface area contributed by atoms with Crippen LogP contribution in [0, 0.1) is 22.7 Å². The minimum atomic E-state index is -0.707. The molecule has 0 aliphatic rings. The maximum Gasteiger partial charge on any atom is 0.270 e. The quantitative estimate of drug-likeness (QED) is 0.551. The molecular weight excluding hydrogens is 404 g/mol. The van der Waals surface area contributed by atoms with Crippen molar-refractivity contribution in [1.82, 2.24) is 9.88 Å². The molecular formula is C20H20N6O3S. The Morgan fingerprint density at radius 3 is 2.60 bits per heavy atom. The van der Waals surface area contributed by atoms with E-state index in [9.17, 15) is 19.6 Å². The van der Waals surface area contributed by atoms with Gasteiger partial charge in [-0.15, -0.1) is 11.3 Å². The number of nitrogens with one attached hydrogen (secondary N) is 3. The maximum absolute atomic E-state index is 12.7. The second kappa shape index (κ2) is 10.6. The Morgan fingerprint density at radius 1 is 1.23 bits per heavy atom. The van der Waals surface area contributed by atoms with Gasteiger partial charge in [-0.3, -0.25) is 19.0 Å². The number of anilines is 2. The molecule has 0 atom stereocenters. The minimum absolute atomic E-state index is 0.112. The van der Waals surface area contributed by atoms with Crippen LogP contribution in [0.25, 0.3) is 11.8 Å². The van der Waals surface area contributed by atoms with E-state index in [1.165, 1.54) is 10.8 Å². The Kier molecular flexibility index (Phi) is 7.91. The molecule has 0 fully saturated rings. The van der Waals surface area contributed by atoms with Crippen LogP contribution in [-0.4, -0.2) is 22.9 Å². The summed E-state index contributed by atoms with van der Waals surface area (Å²) in [6, 6.07) is 10.6. The lowest BCUT2D eigenvalue weighted by Gasteiger charge is -2.06. The van der Waals surface area contributed by atoms with E-state index in [1.807, 2.05) is 6.07 Å². The number of carbonyl (C=O) groups excluding carboxylic acids is 2. The lowest BCUT2D eigenvalue weighted by molar-refractivity contribution is -0.116. The highest BCUT2D eigenvalue weighted by atomic mass is 32.1. The average molecular weight is 424 g/mol. The van der Waals surface area contributed by atoms with Gasteiger partial charge >= 0.3 is 0 Å². The van der Waals surface area contributed by atoms with Crippen molar-refractivity contribution in [1.29, 1.82) is 10.5 Å². The van der Waals surface area contributed by atoms with Crippen LogP contribution in [-0.2, 0) is 16.1 Å². The number of nitriles is 2. The van der Waals surface area contributed by atoms with Crippen molar-refractivity contribution < 1.29 is 9.59 Å². The van der Waals surface area contributed by atoms with Crippen molar-refractivity contribution in [3.63, 3.8) is 0 Å². The van der Waals surface area contributed by atoms with Crippen LogP contribution in [0.3, 0.4) is 0 Å². The van der Waals surface area contributed by atoms with Gasteiger partial charge in [0.15, 0.2) is 5.57 Å². The van der Waals surface area contributed by atoms with Gasteiger partial charge in [-0.25, -0.2) is 0 Å². The van der Waals surface area contributed by atoms with E-state index in [4.69, 9.17) is 5.26 Å². The first-order valence-corrected chi connectivity index (χ1v) is 9.92. The zero-order valence-corrected chi connectivity index (χ0v) is 17.3. The van der Waals surface area contributed by atoms with Gasteiger partial charge in [-0.1, -0.05) is 13.0 Å². The molecule has 0 unspecified atom stereocenters. The highest BCUT2D eigenvalue weighted by molar-refractivity contribution is 7.07. The number of benzene rings is 1. The predicted octanol–water partition coefficient (Wildman–Crippen LogP) is 0.442. The Bertz CT molecular complexity index is 1210. The van der Waals surface area contributed by atoms with E-state index in [2.05, 4.69) is 16.0 Å². The first kappa shape index (κ1) is 22.4. The molecule has 2 rings (SSSR count). The third-order valence-corrected chi connectivity index (χ3v) is 5.07. The first-order chi connectivity index (χ1) is 14.4. The summed E-state index contributed by atoms with van der Waals surface area (Å²) in [5, 5.41) is 26.1. The molecule has 0 aliphatic carbocycles. The molecule has 3 N–H and O–H groups in total. The molecule has 1 aromatic carbocycles. The molecule has 30 heavy (non-hydrogen) atoms. The Labute approximate surface area is 176 Å². The zero-order chi connectivity index (χ0) is 22.1. The number of carbonyl (C=O) groups is 2. The molecule has 0 aliphatic heterocycles. The van der Waals surface area contributed by atoms with Crippen LogP contribution in [0.2, 0.25) is 0 Å². The molecule has 0 saturated carbocycles. The first-order valence-electron chi connectivity index (χ1n) is 9.10. The van der Waals surface area contributed by atoms with Crippen LogP contribution < -0.4 is 30.7 Å². The zero-order valence-electron chi connectivity index (χ0n) is 16.5. The van der Waals surface area contributed by atoms with E-state index in [0.717, 1.165) is 11.3 Å². The van der Waals surface area contributed by atoms with Gasteiger partial charge in [0.1, 0.15) is 21.8 Å². The average Bonchev–Trinajstić information content (AvgIpc) is 3.06. The molecule has 1 aromatic heterocycles. The van der Waals surface area contributed by atoms with Gasteiger partial charge in [0, 0.05) is 30.5 Å². The van der Waals surface area contributed by atoms with E-state index in [0.29, 0.717) is 22.3 Å². The highest BCUT2D eigenvalue weighted by Gasteiger charge is 2.14. The fourth-order valence-corrected chi connectivity index (χ4v) is 3.57. The Balaban J connectivity index is 2.45. The Morgan fingerprint density at radius 2 is 1.97 bits per heavy atom. The van der Waals surface area contributed by atoms with Gasteiger partial charge in [0.2, 0.25) is 5.91 Å². The van der Waals surface area contributed by atoms with Gasteiger partial charge in [0.05, 0.1) is 6.07 Å². The van der Waals surface area contributed by atoms with Gasteiger partial charge < -0.3 is 16.0 Å². The fourth-order valence-electron chi connectivity index (χ4n) is 2.48. The lowest BCUT2D eigenvalue weighted by Crippen LogP contribution is -2.34. The summed E-state index contributed by atoms with van der Waals surface area (Å²) in [5.74, 6) is -0.819. The summed E-state index contributed by atoms with van der Waals surface area (Å²) in [7, 11) is 0. The SMILES string of the molecule is CCC(=O)Nc1cccc(N/C=c2/s/c(=C(/C#N)C(=O)NCC#N)n(CC)c2=O)c1. The molecule has 2 aromatic rings. The van der Waals surface area contributed by atoms with Crippen LogP contribution in [0.15, 0.2) is 29.1 Å². The highest BCUT2D eigenvalue weighted by Crippen LogP contribution is 2.15. The summed E-state index contributed by atoms with van der Waals surface area (Å²) in [6.45, 7) is 3.52. The summed E-state index contributed by atoms with van der Waals surface area (Å²) in [4.78, 5) is 36.4. The van der Waals surface area contributed by atoms with Crippen molar-refractivity contribution in [3.05, 3.63) is 43.8 Å². The van der Waals surface area contributed by atoms with Gasteiger partial charge in [-0.2, -0.15) is 10.5 Å². The summed E-state index contributed by atoms with van der Waals surface area (Å²) in [5.41, 5.74) is 0.698. The number of nitrogens with zero attached hydrogens (tertiary/aromatic N) is 3. The van der Waals surface area contributed by atoms with Crippen molar-refractivity contribution >= 4 is 46.3 Å². The van der Waals surface area contributed by atoms with Crippen molar-refractivity contribution in [2.24, 2.45) is 0 Å². The number of hydrogen-bond acceptors (Lipinski definition) is 7. The maximum atomic E-state index is 12.7. The molecule has 1 heterocycles. The van der Waals surface area contributed by atoms with Crippen LogP contribution in [0.4, 0.5) is 11.4 Å². The second-order valence-corrected chi connectivity index (χ2v) is 6.95. The minimum Gasteiger partial charge on any atom is -0.360 e. The van der Waals surface area contributed by atoms with Crippen molar-refractivity contribution in [3.8, 4) is 12.1 Å². The second-order valence-electron chi connectivity index (χ2n) is 5.92. The van der Waals surface area contributed by atoms with E-state index >= 15 is 0 Å². The van der Waals surface area contributed by atoms with Gasteiger partial charge in [0.25, 0.3) is 11.5 Å². The standard InChI is InChI=1S/C20H20N6O3S/c1-3-17(27)25-14-7-5-6-13(10-14)24-12-16-19(29)26(4-2)20(30-16)15(11-22)18(28)23-9-8-21/h5-7,10,12,24H,3-4,9H2,1-2H3,(H,23,28)(H,25,27)/b16-12+,20-15-. The third-order valence-electron chi connectivity index (χ3n) is 3.94. The molecule has 0 spiro atoms. The number of thiazole rings is 1. The molecule has 2 amide bonds. The number of rotatable bonds is 7. The number of amides is 2. The predicted molar refractivity (Wildman–Crippen MR) is 115 cm³/mol. The third kappa shape index (κ3) is 5.34. The van der Waals surface area contributed by atoms with E-state index in [-0.39, 0.29) is 34.8 Å². The van der Waals surface area contributed by atoms with E-state index < -0.39 is 5.91 Å². The largest absolute Gasteiger partial charge is 0.360 e. The lowest BCUT2D eigenvalue weighted by atomic mass is 10.2.